The molecule has 0 spiro atoms. The molecule has 0 aliphatic heterocycles. The molecule has 4 heteroatoms. The minimum atomic E-state index is 0.397. The minimum absolute atomic E-state index is 0.397. The molecular formula is C17H16N4. The van der Waals surface area contributed by atoms with Crippen molar-refractivity contribution in [2.24, 2.45) is 0 Å². The quantitative estimate of drug-likeness (QED) is 0.777. The van der Waals surface area contributed by atoms with Gasteiger partial charge < -0.3 is 5.73 Å². The zero-order chi connectivity index (χ0) is 15.0. The first kappa shape index (κ1) is 13.2. The van der Waals surface area contributed by atoms with Gasteiger partial charge in [-0.1, -0.05) is 32.0 Å². The largest absolute Gasteiger partial charge is 0.369 e. The second-order valence-electron chi connectivity index (χ2n) is 5.34. The summed E-state index contributed by atoms with van der Waals surface area (Å²) in [5.74, 6) is 0.837. The fraction of sp³-hybridized carbons (Fsp3) is 0.176. The number of nitriles is 1. The van der Waals surface area contributed by atoms with Gasteiger partial charge >= 0.3 is 0 Å². The number of fused-ring (bicyclic) bond motifs is 1. The van der Waals surface area contributed by atoms with E-state index >= 15 is 0 Å². The first-order valence-corrected chi connectivity index (χ1v) is 6.89. The van der Waals surface area contributed by atoms with E-state index in [0.717, 1.165) is 11.2 Å². The molecule has 4 nitrogen and oxygen atoms in total. The molecule has 0 atom stereocenters. The van der Waals surface area contributed by atoms with Crippen LogP contribution in [0, 0.1) is 11.3 Å². The van der Waals surface area contributed by atoms with Crippen LogP contribution in [0.5, 0.6) is 0 Å². The lowest BCUT2D eigenvalue weighted by Crippen LogP contribution is -2.01. The Balaban J connectivity index is 2.28. The summed E-state index contributed by atoms with van der Waals surface area (Å²) in [6.45, 7) is 4.31. The fourth-order valence-electron chi connectivity index (χ4n) is 2.50. The average molecular weight is 276 g/mol. The van der Waals surface area contributed by atoms with E-state index < -0.39 is 0 Å². The standard InChI is InChI=1S/C17H16N4/c1-11(2)12-5-3-7-14(9-12)21-15-8-4-6-13(10-18)16(15)20-17(21)19/h3-9,11H,1-2H3,(H2,19,20). The first-order valence-electron chi connectivity index (χ1n) is 6.89. The van der Waals surface area contributed by atoms with E-state index in [1.54, 1.807) is 6.07 Å². The number of nitrogens with zero attached hydrogens (tertiary/aromatic N) is 3. The van der Waals surface area contributed by atoms with Crippen LogP contribution in [-0.4, -0.2) is 9.55 Å². The van der Waals surface area contributed by atoms with Crippen LogP contribution in [-0.2, 0) is 0 Å². The van der Waals surface area contributed by atoms with Crippen molar-refractivity contribution in [3.8, 4) is 11.8 Å². The highest BCUT2D eigenvalue weighted by molar-refractivity contribution is 5.85. The number of rotatable bonds is 2. The summed E-state index contributed by atoms with van der Waals surface area (Å²) in [5.41, 5.74) is 10.3. The van der Waals surface area contributed by atoms with Gasteiger partial charge in [0.2, 0.25) is 5.95 Å². The lowest BCUT2D eigenvalue weighted by Gasteiger charge is -2.10. The summed E-state index contributed by atoms with van der Waals surface area (Å²) in [6, 6.07) is 15.9. The molecular weight excluding hydrogens is 260 g/mol. The molecule has 0 aliphatic rings. The van der Waals surface area contributed by atoms with Gasteiger partial charge in [-0.15, -0.1) is 0 Å². The van der Waals surface area contributed by atoms with Crippen LogP contribution in [0.4, 0.5) is 5.95 Å². The highest BCUT2D eigenvalue weighted by Gasteiger charge is 2.13. The number of nitrogens with two attached hydrogens (primary N) is 1. The molecule has 104 valence electrons. The van der Waals surface area contributed by atoms with Gasteiger partial charge in [-0.3, -0.25) is 4.57 Å². The molecule has 1 aromatic heterocycles. The van der Waals surface area contributed by atoms with Gasteiger partial charge in [0, 0.05) is 5.69 Å². The number of para-hydroxylation sites is 1. The third kappa shape index (κ3) is 2.13. The van der Waals surface area contributed by atoms with Gasteiger partial charge in [0.25, 0.3) is 0 Å². The Morgan fingerprint density at radius 3 is 2.67 bits per heavy atom. The monoisotopic (exact) mass is 276 g/mol. The van der Waals surface area contributed by atoms with Crippen molar-refractivity contribution in [3.05, 3.63) is 53.6 Å². The van der Waals surface area contributed by atoms with E-state index in [1.807, 2.05) is 28.8 Å². The van der Waals surface area contributed by atoms with Gasteiger partial charge in [0.05, 0.1) is 11.1 Å². The Bertz CT molecular complexity index is 853. The van der Waals surface area contributed by atoms with E-state index in [4.69, 9.17) is 5.73 Å². The fourth-order valence-corrected chi connectivity index (χ4v) is 2.50. The van der Waals surface area contributed by atoms with Crippen molar-refractivity contribution in [1.29, 1.82) is 5.26 Å². The van der Waals surface area contributed by atoms with Gasteiger partial charge in [-0.05, 0) is 35.7 Å². The second kappa shape index (κ2) is 4.95. The number of hydrogen-bond donors (Lipinski definition) is 1. The summed E-state index contributed by atoms with van der Waals surface area (Å²) in [6.07, 6.45) is 0. The van der Waals surface area contributed by atoms with E-state index in [0.29, 0.717) is 22.9 Å². The minimum Gasteiger partial charge on any atom is -0.369 e. The topological polar surface area (TPSA) is 67.6 Å². The highest BCUT2D eigenvalue weighted by Crippen LogP contribution is 2.27. The Kier molecular flexibility index (Phi) is 3.11. The Labute approximate surface area is 123 Å². The van der Waals surface area contributed by atoms with Crippen LogP contribution >= 0.6 is 0 Å². The van der Waals surface area contributed by atoms with E-state index in [9.17, 15) is 5.26 Å². The Morgan fingerprint density at radius 1 is 1.19 bits per heavy atom. The van der Waals surface area contributed by atoms with Gasteiger partial charge in [-0.25, -0.2) is 4.98 Å². The van der Waals surface area contributed by atoms with E-state index in [1.165, 1.54) is 5.56 Å². The smallest absolute Gasteiger partial charge is 0.205 e. The maximum Gasteiger partial charge on any atom is 0.205 e. The number of aromatic nitrogens is 2. The molecule has 0 unspecified atom stereocenters. The molecule has 2 aromatic carbocycles. The number of benzene rings is 2. The van der Waals surface area contributed by atoms with Crippen molar-refractivity contribution in [3.63, 3.8) is 0 Å². The van der Waals surface area contributed by atoms with Crippen LogP contribution < -0.4 is 5.73 Å². The van der Waals surface area contributed by atoms with E-state index in [-0.39, 0.29) is 0 Å². The summed E-state index contributed by atoms with van der Waals surface area (Å²) >= 11 is 0. The van der Waals surface area contributed by atoms with Crippen molar-refractivity contribution in [1.82, 2.24) is 9.55 Å². The molecule has 21 heavy (non-hydrogen) atoms. The molecule has 0 bridgehead atoms. The number of hydrogen-bond acceptors (Lipinski definition) is 3. The maximum absolute atomic E-state index is 9.18. The van der Waals surface area contributed by atoms with Crippen LogP contribution in [0.25, 0.3) is 16.7 Å². The van der Waals surface area contributed by atoms with Crippen LogP contribution in [0.15, 0.2) is 42.5 Å². The zero-order valence-electron chi connectivity index (χ0n) is 12.0. The third-order valence-corrected chi connectivity index (χ3v) is 3.63. The van der Waals surface area contributed by atoms with Crippen molar-refractivity contribution in [2.45, 2.75) is 19.8 Å². The van der Waals surface area contributed by atoms with Crippen molar-refractivity contribution >= 4 is 17.0 Å². The number of imidazole rings is 1. The molecule has 0 saturated carbocycles. The molecule has 0 radical (unpaired) electrons. The maximum atomic E-state index is 9.18. The zero-order valence-corrected chi connectivity index (χ0v) is 12.0. The van der Waals surface area contributed by atoms with Crippen LogP contribution in [0.1, 0.15) is 30.9 Å². The molecule has 3 aromatic rings. The van der Waals surface area contributed by atoms with Crippen molar-refractivity contribution in [2.75, 3.05) is 5.73 Å². The molecule has 0 amide bonds. The van der Waals surface area contributed by atoms with Gasteiger partial charge in [0.15, 0.2) is 0 Å². The summed E-state index contributed by atoms with van der Waals surface area (Å²) < 4.78 is 1.89. The number of nitrogen functional groups attached to an aromatic ring is 1. The molecule has 0 saturated heterocycles. The highest BCUT2D eigenvalue weighted by atomic mass is 15.2. The van der Waals surface area contributed by atoms with Crippen LogP contribution in [0.3, 0.4) is 0 Å². The lowest BCUT2D eigenvalue weighted by molar-refractivity contribution is 0.864. The SMILES string of the molecule is CC(C)c1cccc(-n2c(N)nc3c(C#N)cccc32)c1. The number of anilines is 1. The third-order valence-electron chi connectivity index (χ3n) is 3.63. The molecule has 0 fully saturated rings. The summed E-state index contributed by atoms with van der Waals surface area (Å²) in [5, 5.41) is 9.18. The summed E-state index contributed by atoms with van der Waals surface area (Å²) in [7, 11) is 0. The van der Waals surface area contributed by atoms with E-state index in [2.05, 4.69) is 37.0 Å². The summed E-state index contributed by atoms with van der Waals surface area (Å²) in [4.78, 5) is 4.35. The molecule has 0 aliphatic carbocycles. The van der Waals surface area contributed by atoms with Gasteiger partial charge in [0.1, 0.15) is 11.6 Å². The molecule has 2 N–H and O–H groups in total. The Hall–Kier alpha value is -2.80. The second-order valence-corrected chi connectivity index (χ2v) is 5.34. The molecule has 1 heterocycles. The molecule has 3 rings (SSSR count). The predicted octanol–water partition coefficient (Wildman–Crippen LogP) is 3.60. The lowest BCUT2D eigenvalue weighted by atomic mass is 10.0. The normalized spacial score (nSPS) is 11.0. The average Bonchev–Trinajstić information content (AvgIpc) is 2.83. The predicted molar refractivity (Wildman–Crippen MR) is 84.3 cm³/mol. The van der Waals surface area contributed by atoms with Crippen molar-refractivity contribution < 1.29 is 0 Å². The first-order chi connectivity index (χ1) is 10.1. The van der Waals surface area contributed by atoms with Crippen LogP contribution in [0.2, 0.25) is 0 Å². The van der Waals surface area contributed by atoms with Gasteiger partial charge in [-0.2, -0.15) is 5.26 Å². The Morgan fingerprint density at radius 2 is 1.95 bits per heavy atom.